The first-order valence-corrected chi connectivity index (χ1v) is 6.25. The van der Waals surface area contributed by atoms with Gasteiger partial charge < -0.3 is 4.74 Å². The van der Waals surface area contributed by atoms with Gasteiger partial charge in [-0.15, -0.1) is 0 Å². The van der Waals surface area contributed by atoms with Crippen molar-refractivity contribution < 1.29 is 9.66 Å². The largest absolute Gasteiger partial charge is 0.375 e. The fourth-order valence-electron chi connectivity index (χ4n) is 1.12. The van der Waals surface area contributed by atoms with Crippen molar-refractivity contribution in [1.29, 1.82) is 0 Å². The van der Waals surface area contributed by atoms with Gasteiger partial charge >= 0.3 is 5.69 Å². The molecule has 0 bridgehead atoms. The van der Waals surface area contributed by atoms with E-state index >= 15 is 0 Å². The molecule has 0 aliphatic carbocycles. The van der Waals surface area contributed by atoms with E-state index < -0.39 is 4.92 Å². The van der Waals surface area contributed by atoms with E-state index in [1.54, 1.807) is 12.3 Å². The van der Waals surface area contributed by atoms with Crippen LogP contribution in [0.3, 0.4) is 0 Å². The molecule has 0 unspecified atom stereocenters. The zero-order valence-corrected chi connectivity index (χ0v) is 11.0. The fourth-order valence-corrected chi connectivity index (χ4v) is 1.90. The highest BCUT2D eigenvalue weighted by molar-refractivity contribution is 7.99. The Labute approximate surface area is 105 Å². The number of nitro groups is 1. The van der Waals surface area contributed by atoms with Gasteiger partial charge in [0.1, 0.15) is 0 Å². The highest BCUT2D eigenvalue weighted by Crippen LogP contribution is 2.26. The zero-order chi connectivity index (χ0) is 12.9. The summed E-state index contributed by atoms with van der Waals surface area (Å²) in [6, 6.07) is 3.02. The van der Waals surface area contributed by atoms with Crippen LogP contribution in [0.4, 0.5) is 5.69 Å². The van der Waals surface area contributed by atoms with Gasteiger partial charge in [0.25, 0.3) is 0 Å². The first-order chi connectivity index (χ1) is 7.90. The van der Waals surface area contributed by atoms with E-state index in [0.717, 1.165) is 0 Å². The van der Waals surface area contributed by atoms with E-state index in [-0.39, 0.29) is 11.3 Å². The lowest BCUT2D eigenvalue weighted by molar-refractivity contribution is -0.388. The number of rotatable bonds is 5. The molecule has 0 fully saturated rings. The summed E-state index contributed by atoms with van der Waals surface area (Å²) in [7, 11) is 0. The van der Waals surface area contributed by atoms with E-state index in [1.165, 1.54) is 17.8 Å². The lowest BCUT2D eigenvalue weighted by atomic mass is 10.2. The van der Waals surface area contributed by atoms with Crippen LogP contribution < -0.4 is 0 Å². The van der Waals surface area contributed by atoms with Crippen LogP contribution in [-0.2, 0) is 4.74 Å². The van der Waals surface area contributed by atoms with Crippen LogP contribution in [0, 0.1) is 10.1 Å². The summed E-state index contributed by atoms with van der Waals surface area (Å²) in [5.41, 5.74) is -0.135. The lowest BCUT2D eigenvalue weighted by Crippen LogP contribution is -2.20. The molecule has 0 aliphatic heterocycles. The standard InChI is InChI=1S/C11H16N2O3S/c1-11(2,3)16-7-8-17-10-9(13(14)15)5-4-6-12-10/h4-6H,7-8H2,1-3H3. The maximum Gasteiger partial charge on any atom is 0.301 e. The van der Waals surface area contributed by atoms with Crippen LogP contribution in [0.15, 0.2) is 23.4 Å². The highest BCUT2D eigenvalue weighted by atomic mass is 32.2. The SMILES string of the molecule is CC(C)(C)OCCSc1ncccc1[N+](=O)[O-]. The van der Waals surface area contributed by atoms with Crippen molar-refractivity contribution in [3.8, 4) is 0 Å². The summed E-state index contributed by atoms with van der Waals surface area (Å²) in [5, 5.41) is 11.2. The third-order valence-electron chi connectivity index (χ3n) is 1.80. The van der Waals surface area contributed by atoms with Crippen molar-refractivity contribution in [2.75, 3.05) is 12.4 Å². The van der Waals surface area contributed by atoms with E-state index in [0.29, 0.717) is 17.4 Å². The Balaban J connectivity index is 2.49. The molecule has 0 saturated carbocycles. The van der Waals surface area contributed by atoms with Gasteiger partial charge in [-0.05, 0) is 26.8 Å². The molecule has 0 N–H and O–H groups in total. The Hall–Kier alpha value is -1.14. The zero-order valence-electron chi connectivity index (χ0n) is 10.2. The van der Waals surface area contributed by atoms with Crippen LogP contribution >= 0.6 is 11.8 Å². The number of nitrogens with zero attached hydrogens (tertiary/aromatic N) is 2. The minimum atomic E-state index is -0.417. The van der Waals surface area contributed by atoms with Crippen molar-refractivity contribution in [1.82, 2.24) is 4.98 Å². The Morgan fingerprint density at radius 2 is 2.24 bits per heavy atom. The molecule has 17 heavy (non-hydrogen) atoms. The van der Waals surface area contributed by atoms with Gasteiger partial charge in [-0.25, -0.2) is 4.98 Å². The molecule has 0 spiro atoms. The smallest absolute Gasteiger partial charge is 0.301 e. The maximum atomic E-state index is 10.7. The lowest BCUT2D eigenvalue weighted by Gasteiger charge is -2.18. The number of hydrogen-bond acceptors (Lipinski definition) is 5. The third-order valence-corrected chi connectivity index (χ3v) is 2.76. The molecule has 0 atom stereocenters. The number of ether oxygens (including phenoxy) is 1. The maximum absolute atomic E-state index is 10.7. The van der Waals surface area contributed by atoms with Crippen LogP contribution in [-0.4, -0.2) is 27.9 Å². The first-order valence-electron chi connectivity index (χ1n) is 5.26. The molecule has 1 heterocycles. The first kappa shape index (κ1) is 13.9. The molecule has 5 nitrogen and oxygen atoms in total. The molecule has 6 heteroatoms. The van der Waals surface area contributed by atoms with Crippen molar-refractivity contribution in [2.24, 2.45) is 0 Å². The third kappa shape index (κ3) is 5.14. The Morgan fingerprint density at radius 1 is 1.53 bits per heavy atom. The van der Waals surface area contributed by atoms with Gasteiger partial charge in [0.2, 0.25) is 0 Å². The van der Waals surface area contributed by atoms with E-state index in [9.17, 15) is 10.1 Å². The predicted molar refractivity (Wildman–Crippen MR) is 67.3 cm³/mol. The molecule has 0 radical (unpaired) electrons. The number of hydrogen-bond donors (Lipinski definition) is 0. The van der Waals surface area contributed by atoms with E-state index in [4.69, 9.17) is 4.74 Å². The number of aromatic nitrogens is 1. The van der Waals surface area contributed by atoms with Gasteiger partial charge in [-0.1, -0.05) is 11.8 Å². The molecule has 94 valence electrons. The molecule has 0 aliphatic rings. The monoisotopic (exact) mass is 256 g/mol. The average Bonchev–Trinajstić information content (AvgIpc) is 2.23. The van der Waals surface area contributed by atoms with Crippen molar-refractivity contribution in [3.63, 3.8) is 0 Å². The molecule has 1 aromatic heterocycles. The van der Waals surface area contributed by atoms with Crippen LogP contribution in [0.2, 0.25) is 0 Å². The summed E-state index contributed by atoms with van der Waals surface area (Å²) in [6.07, 6.45) is 1.56. The van der Waals surface area contributed by atoms with Gasteiger partial charge in [0, 0.05) is 18.0 Å². The number of thioether (sulfide) groups is 1. The van der Waals surface area contributed by atoms with Gasteiger partial charge in [0.05, 0.1) is 17.1 Å². The fraction of sp³-hybridized carbons (Fsp3) is 0.545. The second-order valence-corrected chi connectivity index (χ2v) is 5.48. The van der Waals surface area contributed by atoms with Crippen LogP contribution in [0.5, 0.6) is 0 Å². The number of pyridine rings is 1. The summed E-state index contributed by atoms with van der Waals surface area (Å²) >= 11 is 1.34. The summed E-state index contributed by atoms with van der Waals surface area (Å²) in [4.78, 5) is 14.3. The summed E-state index contributed by atoms with van der Waals surface area (Å²) in [5.74, 6) is 0.648. The van der Waals surface area contributed by atoms with E-state index in [2.05, 4.69) is 4.98 Å². The second kappa shape index (κ2) is 5.97. The second-order valence-electron chi connectivity index (χ2n) is 4.39. The van der Waals surface area contributed by atoms with Gasteiger partial charge in [0.15, 0.2) is 5.03 Å². The molecule has 0 amide bonds. The highest BCUT2D eigenvalue weighted by Gasteiger charge is 2.15. The molecular weight excluding hydrogens is 240 g/mol. The van der Waals surface area contributed by atoms with Gasteiger partial charge in [-0.3, -0.25) is 10.1 Å². The topological polar surface area (TPSA) is 65.3 Å². The predicted octanol–water partition coefficient (Wildman–Crippen LogP) is 2.90. The van der Waals surface area contributed by atoms with Crippen molar-refractivity contribution in [2.45, 2.75) is 31.4 Å². The van der Waals surface area contributed by atoms with E-state index in [1.807, 2.05) is 20.8 Å². The molecular formula is C11H16N2O3S. The summed E-state index contributed by atoms with van der Waals surface area (Å²) < 4.78 is 5.53. The molecule has 1 aromatic rings. The quantitative estimate of drug-likeness (QED) is 0.351. The van der Waals surface area contributed by atoms with Crippen molar-refractivity contribution >= 4 is 17.4 Å². The molecule has 1 rings (SSSR count). The average molecular weight is 256 g/mol. The van der Waals surface area contributed by atoms with Crippen LogP contribution in [0.1, 0.15) is 20.8 Å². The normalized spacial score (nSPS) is 11.5. The van der Waals surface area contributed by atoms with Gasteiger partial charge in [-0.2, -0.15) is 0 Å². The Morgan fingerprint density at radius 3 is 2.82 bits per heavy atom. The van der Waals surface area contributed by atoms with Crippen molar-refractivity contribution in [3.05, 3.63) is 28.4 Å². The minimum absolute atomic E-state index is 0.0493. The molecule has 0 saturated heterocycles. The Kier molecular flexibility index (Phi) is 4.89. The molecule has 0 aromatic carbocycles. The Bertz CT molecular complexity index is 391. The summed E-state index contributed by atoms with van der Waals surface area (Å²) in [6.45, 7) is 6.46. The minimum Gasteiger partial charge on any atom is -0.375 e. The van der Waals surface area contributed by atoms with Crippen LogP contribution in [0.25, 0.3) is 0 Å².